The molecule has 98 valence electrons. The quantitative estimate of drug-likeness (QED) is 0.795. The molecule has 0 saturated carbocycles. The van der Waals surface area contributed by atoms with Gasteiger partial charge in [0.25, 0.3) is 5.91 Å². The number of nitrogens with zero attached hydrogens (tertiary/aromatic N) is 1. The van der Waals surface area contributed by atoms with E-state index >= 15 is 0 Å². The van der Waals surface area contributed by atoms with E-state index in [1.165, 1.54) is 4.90 Å². The Hall–Kier alpha value is -1.88. The monoisotopic (exact) mass is 249 g/mol. The molecule has 2 amide bonds. The van der Waals surface area contributed by atoms with Crippen molar-refractivity contribution >= 4 is 11.8 Å². The van der Waals surface area contributed by atoms with Crippen LogP contribution in [0.5, 0.6) is 0 Å². The van der Waals surface area contributed by atoms with E-state index in [0.717, 1.165) is 5.56 Å². The van der Waals surface area contributed by atoms with Crippen LogP contribution < -0.4 is 11.5 Å². The molecule has 1 rings (SSSR count). The average Bonchev–Trinajstić information content (AvgIpc) is 2.34. The second-order valence-electron chi connectivity index (χ2n) is 4.39. The number of amides is 2. The van der Waals surface area contributed by atoms with Crippen LogP contribution in [0.4, 0.5) is 0 Å². The zero-order valence-electron chi connectivity index (χ0n) is 10.7. The van der Waals surface area contributed by atoms with Crippen LogP contribution in [-0.4, -0.2) is 29.3 Å². The molecule has 4 N–H and O–H groups in total. The average molecular weight is 249 g/mol. The maximum Gasteiger partial charge on any atom is 0.254 e. The second-order valence-corrected chi connectivity index (χ2v) is 4.39. The summed E-state index contributed by atoms with van der Waals surface area (Å²) in [5.41, 5.74) is 12.1. The first-order valence-electron chi connectivity index (χ1n) is 5.84. The molecule has 0 radical (unpaired) electrons. The number of carbonyl (C=O) groups is 2. The lowest BCUT2D eigenvalue weighted by Gasteiger charge is -2.25. The predicted molar refractivity (Wildman–Crippen MR) is 69.7 cm³/mol. The van der Waals surface area contributed by atoms with E-state index in [1.807, 2.05) is 13.8 Å². The minimum atomic E-state index is -0.518. The van der Waals surface area contributed by atoms with Gasteiger partial charge < -0.3 is 16.4 Å². The van der Waals surface area contributed by atoms with Crippen molar-refractivity contribution in [2.24, 2.45) is 11.5 Å². The van der Waals surface area contributed by atoms with Gasteiger partial charge >= 0.3 is 0 Å². The number of hydrogen-bond donors (Lipinski definition) is 2. The molecule has 0 aromatic heterocycles. The van der Waals surface area contributed by atoms with Crippen LogP contribution in [0.3, 0.4) is 0 Å². The van der Waals surface area contributed by atoms with E-state index in [-0.39, 0.29) is 18.5 Å². The Balaban J connectivity index is 2.90. The van der Waals surface area contributed by atoms with Gasteiger partial charge in [0, 0.05) is 18.2 Å². The Morgan fingerprint density at radius 2 is 1.78 bits per heavy atom. The van der Waals surface area contributed by atoms with Gasteiger partial charge in [-0.15, -0.1) is 0 Å². The van der Waals surface area contributed by atoms with Crippen LogP contribution in [0.15, 0.2) is 24.3 Å². The summed E-state index contributed by atoms with van der Waals surface area (Å²) < 4.78 is 0. The summed E-state index contributed by atoms with van der Waals surface area (Å²) in [5.74, 6) is -0.719. The number of primary amides is 1. The summed E-state index contributed by atoms with van der Waals surface area (Å²) in [6, 6.07) is 6.94. The molecule has 18 heavy (non-hydrogen) atoms. The third kappa shape index (κ3) is 3.56. The molecule has 0 spiro atoms. The van der Waals surface area contributed by atoms with E-state index in [2.05, 4.69) is 0 Å². The van der Waals surface area contributed by atoms with Gasteiger partial charge in [-0.3, -0.25) is 9.59 Å². The first-order chi connectivity index (χ1) is 8.45. The topological polar surface area (TPSA) is 89.4 Å². The van der Waals surface area contributed by atoms with Crippen molar-refractivity contribution in [3.05, 3.63) is 35.4 Å². The van der Waals surface area contributed by atoms with Crippen LogP contribution in [0.25, 0.3) is 0 Å². The molecule has 0 aliphatic rings. The molecule has 0 atom stereocenters. The molecule has 0 aliphatic carbocycles. The van der Waals surface area contributed by atoms with E-state index < -0.39 is 5.91 Å². The summed E-state index contributed by atoms with van der Waals surface area (Å²) in [6.45, 7) is 4.04. The summed E-state index contributed by atoms with van der Waals surface area (Å²) in [4.78, 5) is 24.6. The van der Waals surface area contributed by atoms with Crippen LogP contribution in [0.1, 0.15) is 29.8 Å². The Labute approximate surface area is 107 Å². The molecular weight excluding hydrogens is 230 g/mol. The summed E-state index contributed by atoms with van der Waals surface area (Å²) in [7, 11) is 0. The molecular formula is C13H19N3O2. The number of hydrogen-bond acceptors (Lipinski definition) is 3. The third-order valence-electron chi connectivity index (χ3n) is 2.65. The van der Waals surface area contributed by atoms with E-state index in [0.29, 0.717) is 12.1 Å². The largest absolute Gasteiger partial charge is 0.368 e. The standard InChI is InChI=1S/C13H19N3O2/c1-9(2)16(8-12(15)17)13(18)11-5-3-10(7-14)4-6-11/h3-6,9H,7-8,14H2,1-2H3,(H2,15,17). The fourth-order valence-electron chi connectivity index (χ4n) is 1.61. The third-order valence-corrected chi connectivity index (χ3v) is 2.65. The molecule has 0 heterocycles. The van der Waals surface area contributed by atoms with Gasteiger partial charge in [0.05, 0.1) is 6.54 Å². The summed E-state index contributed by atoms with van der Waals surface area (Å²) >= 11 is 0. The van der Waals surface area contributed by atoms with Gasteiger partial charge in [-0.25, -0.2) is 0 Å². The fourth-order valence-corrected chi connectivity index (χ4v) is 1.61. The van der Waals surface area contributed by atoms with E-state index in [4.69, 9.17) is 11.5 Å². The van der Waals surface area contributed by atoms with E-state index in [9.17, 15) is 9.59 Å². The van der Waals surface area contributed by atoms with Crippen LogP contribution in [0.2, 0.25) is 0 Å². The van der Waals surface area contributed by atoms with Crippen molar-refractivity contribution in [1.82, 2.24) is 4.90 Å². The highest BCUT2D eigenvalue weighted by molar-refractivity contribution is 5.96. The number of benzene rings is 1. The Morgan fingerprint density at radius 3 is 2.17 bits per heavy atom. The van der Waals surface area contributed by atoms with Gasteiger partial charge in [-0.1, -0.05) is 12.1 Å². The lowest BCUT2D eigenvalue weighted by Crippen LogP contribution is -2.42. The molecule has 1 aromatic rings. The van der Waals surface area contributed by atoms with Crippen molar-refractivity contribution in [2.45, 2.75) is 26.4 Å². The highest BCUT2D eigenvalue weighted by Gasteiger charge is 2.20. The molecule has 5 heteroatoms. The molecule has 0 aliphatic heterocycles. The molecule has 0 bridgehead atoms. The van der Waals surface area contributed by atoms with E-state index in [1.54, 1.807) is 24.3 Å². The second kappa shape index (κ2) is 6.16. The van der Waals surface area contributed by atoms with Crippen LogP contribution >= 0.6 is 0 Å². The first kappa shape index (κ1) is 14.2. The maximum absolute atomic E-state index is 12.2. The molecule has 0 unspecified atom stereocenters. The zero-order chi connectivity index (χ0) is 13.7. The predicted octanol–water partition coefficient (Wildman–Crippen LogP) is 0.481. The Morgan fingerprint density at radius 1 is 1.22 bits per heavy atom. The fraction of sp³-hybridized carbons (Fsp3) is 0.385. The lowest BCUT2D eigenvalue weighted by atomic mass is 10.1. The van der Waals surface area contributed by atoms with Crippen molar-refractivity contribution < 1.29 is 9.59 Å². The number of nitrogens with two attached hydrogens (primary N) is 2. The highest BCUT2D eigenvalue weighted by Crippen LogP contribution is 2.10. The Kier molecular flexibility index (Phi) is 4.85. The summed E-state index contributed by atoms with van der Waals surface area (Å²) in [5, 5.41) is 0. The Bertz CT molecular complexity index is 426. The molecule has 5 nitrogen and oxygen atoms in total. The highest BCUT2D eigenvalue weighted by atomic mass is 16.2. The van der Waals surface area contributed by atoms with Gasteiger partial charge in [0.15, 0.2) is 0 Å². The van der Waals surface area contributed by atoms with Crippen LogP contribution in [0, 0.1) is 0 Å². The van der Waals surface area contributed by atoms with Crippen molar-refractivity contribution in [3.8, 4) is 0 Å². The van der Waals surface area contributed by atoms with Gasteiger partial charge in [0.2, 0.25) is 5.91 Å². The SMILES string of the molecule is CC(C)N(CC(N)=O)C(=O)c1ccc(CN)cc1. The van der Waals surface area contributed by atoms with Gasteiger partial charge in [-0.2, -0.15) is 0 Å². The van der Waals surface area contributed by atoms with Crippen molar-refractivity contribution in [1.29, 1.82) is 0 Å². The van der Waals surface area contributed by atoms with Crippen molar-refractivity contribution in [3.63, 3.8) is 0 Å². The number of carbonyl (C=O) groups excluding carboxylic acids is 2. The minimum Gasteiger partial charge on any atom is -0.368 e. The first-order valence-corrected chi connectivity index (χ1v) is 5.84. The van der Waals surface area contributed by atoms with Gasteiger partial charge in [-0.05, 0) is 31.5 Å². The zero-order valence-corrected chi connectivity index (χ0v) is 10.7. The maximum atomic E-state index is 12.2. The molecule has 0 fully saturated rings. The van der Waals surface area contributed by atoms with Gasteiger partial charge in [0.1, 0.15) is 0 Å². The number of rotatable bonds is 5. The van der Waals surface area contributed by atoms with Crippen LogP contribution in [-0.2, 0) is 11.3 Å². The molecule has 1 aromatic carbocycles. The molecule has 0 saturated heterocycles. The smallest absolute Gasteiger partial charge is 0.254 e. The normalized spacial score (nSPS) is 10.4. The van der Waals surface area contributed by atoms with Crippen molar-refractivity contribution in [2.75, 3.05) is 6.54 Å². The summed E-state index contributed by atoms with van der Waals surface area (Å²) in [6.07, 6.45) is 0. The lowest BCUT2D eigenvalue weighted by molar-refractivity contribution is -0.119. The minimum absolute atomic E-state index is 0.0743.